The van der Waals surface area contributed by atoms with Crippen LogP contribution in [0.4, 0.5) is 0 Å². The van der Waals surface area contributed by atoms with Crippen LogP contribution in [-0.4, -0.2) is 59.4 Å². The van der Waals surface area contributed by atoms with E-state index in [2.05, 4.69) is 9.88 Å². The molecule has 2 aliphatic heterocycles. The molecule has 6 nitrogen and oxygen atoms in total. The highest BCUT2D eigenvalue weighted by molar-refractivity contribution is 5.78. The van der Waals surface area contributed by atoms with Crippen molar-refractivity contribution in [3.63, 3.8) is 0 Å². The van der Waals surface area contributed by atoms with Gasteiger partial charge in [0.05, 0.1) is 12.3 Å². The smallest absolute Gasteiger partial charge is 0.348 e. The Morgan fingerprint density at radius 3 is 2.75 bits per heavy atom. The lowest BCUT2D eigenvalue weighted by molar-refractivity contribution is -0.160. The van der Waals surface area contributed by atoms with Crippen molar-refractivity contribution >= 4 is 5.97 Å². The molecule has 132 valence electrons. The van der Waals surface area contributed by atoms with Crippen LogP contribution in [-0.2, 0) is 9.53 Å². The number of hydrogen-bond donors (Lipinski definition) is 1. The van der Waals surface area contributed by atoms with E-state index in [0.717, 1.165) is 50.7 Å². The van der Waals surface area contributed by atoms with Crippen molar-refractivity contribution in [1.29, 1.82) is 0 Å². The van der Waals surface area contributed by atoms with Crippen molar-refractivity contribution in [2.75, 3.05) is 32.8 Å². The molecule has 0 radical (unpaired) electrons. The van der Waals surface area contributed by atoms with Crippen molar-refractivity contribution in [2.24, 2.45) is 5.92 Å². The molecule has 2 fully saturated rings. The molecule has 1 aromatic heterocycles. The first-order chi connectivity index (χ1) is 11.5. The summed E-state index contributed by atoms with van der Waals surface area (Å²) < 4.78 is 11.4. The summed E-state index contributed by atoms with van der Waals surface area (Å²) in [5, 5.41) is 9.78. The molecule has 2 aliphatic rings. The summed E-state index contributed by atoms with van der Waals surface area (Å²) in [5.74, 6) is 0.263. The molecule has 1 N–H and O–H groups in total. The lowest BCUT2D eigenvalue weighted by Gasteiger charge is -2.39. The molecular formula is C18H26N2O4. The van der Waals surface area contributed by atoms with Gasteiger partial charge in [-0.1, -0.05) is 0 Å². The second kappa shape index (κ2) is 7.07. The van der Waals surface area contributed by atoms with Gasteiger partial charge in [-0.3, -0.25) is 4.98 Å². The third-order valence-electron chi connectivity index (χ3n) is 5.08. The Morgan fingerprint density at radius 1 is 1.42 bits per heavy atom. The maximum absolute atomic E-state index is 11.9. The number of likely N-dealkylation sites (tertiary alicyclic amines) is 1. The molecule has 3 heterocycles. The quantitative estimate of drug-likeness (QED) is 0.888. The minimum Gasteiger partial charge on any atom is -0.478 e. The fourth-order valence-electron chi connectivity index (χ4n) is 3.54. The molecule has 6 heteroatoms. The van der Waals surface area contributed by atoms with E-state index in [0.29, 0.717) is 24.5 Å². The number of carboxylic acids is 1. The zero-order valence-electron chi connectivity index (χ0n) is 14.5. The first-order valence-electron chi connectivity index (χ1n) is 8.65. The third-order valence-corrected chi connectivity index (χ3v) is 5.08. The van der Waals surface area contributed by atoms with Crippen LogP contribution >= 0.6 is 0 Å². The van der Waals surface area contributed by atoms with Crippen LogP contribution in [0.1, 0.15) is 30.7 Å². The van der Waals surface area contributed by atoms with Crippen molar-refractivity contribution in [3.05, 3.63) is 23.5 Å². The van der Waals surface area contributed by atoms with Gasteiger partial charge < -0.3 is 19.5 Å². The van der Waals surface area contributed by atoms with Gasteiger partial charge in [-0.05, 0) is 38.3 Å². The van der Waals surface area contributed by atoms with Crippen molar-refractivity contribution in [3.8, 4) is 5.75 Å². The van der Waals surface area contributed by atoms with Gasteiger partial charge in [0.1, 0.15) is 5.75 Å². The number of piperidine rings is 1. The van der Waals surface area contributed by atoms with E-state index in [4.69, 9.17) is 9.47 Å². The Labute approximate surface area is 142 Å². The number of ether oxygens (including phenoxy) is 2. The van der Waals surface area contributed by atoms with Crippen molar-refractivity contribution in [1.82, 2.24) is 9.88 Å². The van der Waals surface area contributed by atoms with Gasteiger partial charge in [0, 0.05) is 44.8 Å². The van der Waals surface area contributed by atoms with Gasteiger partial charge >= 0.3 is 5.97 Å². The number of aliphatic carboxylic acids is 1. The molecule has 1 aromatic rings. The SMILES string of the molecule is Cc1ccc(OC2(C(=O)O)CCN(CC3CCOC3)CC2)c(C)n1. The summed E-state index contributed by atoms with van der Waals surface area (Å²) in [4.78, 5) is 18.6. The van der Waals surface area contributed by atoms with Gasteiger partial charge in [-0.15, -0.1) is 0 Å². The summed E-state index contributed by atoms with van der Waals surface area (Å²) in [6.07, 6.45) is 2.08. The number of aryl methyl sites for hydroxylation is 2. The van der Waals surface area contributed by atoms with E-state index in [9.17, 15) is 9.90 Å². The highest BCUT2D eigenvalue weighted by Crippen LogP contribution is 2.31. The van der Waals surface area contributed by atoms with Gasteiger partial charge in [-0.25, -0.2) is 4.79 Å². The summed E-state index contributed by atoms with van der Waals surface area (Å²) >= 11 is 0. The molecule has 24 heavy (non-hydrogen) atoms. The molecule has 0 aliphatic carbocycles. The molecule has 0 saturated carbocycles. The fraction of sp³-hybridized carbons (Fsp3) is 0.667. The molecule has 0 amide bonds. The lowest BCUT2D eigenvalue weighted by atomic mass is 9.90. The molecule has 0 aromatic carbocycles. The molecule has 2 saturated heterocycles. The number of nitrogens with zero attached hydrogens (tertiary/aromatic N) is 2. The number of carbonyl (C=O) groups is 1. The maximum atomic E-state index is 11.9. The highest BCUT2D eigenvalue weighted by atomic mass is 16.5. The van der Waals surface area contributed by atoms with Crippen LogP contribution < -0.4 is 4.74 Å². The van der Waals surface area contributed by atoms with E-state index in [-0.39, 0.29) is 0 Å². The summed E-state index contributed by atoms with van der Waals surface area (Å²) in [7, 11) is 0. The number of hydrogen-bond acceptors (Lipinski definition) is 5. The van der Waals surface area contributed by atoms with Gasteiger partial charge in [0.25, 0.3) is 0 Å². The molecule has 3 rings (SSSR count). The third kappa shape index (κ3) is 3.70. The Morgan fingerprint density at radius 2 is 2.17 bits per heavy atom. The number of aromatic nitrogens is 1. The minimum atomic E-state index is -1.15. The Balaban J connectivity index is 1.65. The summed E-state index contributed by atoms with van der Waals surface area (Å²) in [5.41, 5.74) is 0.490. The van der Waals surface area contributed by atoms with Crippen molar-refractivity contribution < 1.29 is 19.4 Å². The number of rotatable bonds is 5. The Hall–Kier alpha value is -1.66. The average Bonchev–Trinajstić information content (AvgIpc) is 3.05. The predicted octanol–water partition coefficient (Wildman–Crippen LogP) is 2.03. The fourth-order valence-corrected chi connectivity index (χ4v) is 3.54. The van der Waals surface area contributed by atoms with Crippen LogP contribution in [0, 0.1) is 19.8 Å². The zero-order chi connectivity index (χ0) is 17.2. The summed E-state index contributed by atoms with van der Waals surface area (Å²) in [6, 6.07) is 3.68. The monoisotopic (exact) mass is 334 g/mol. The van der Waals surface area contributed by atoms with Gasteiger partial charge in [0.15, 0.2) is 0 Å². The van der Waals surface area contributed by atoms with E-state index in [1.807, 2.05) is 26.0 Å². The van der Waals surface area contributed by atoms with Crippen LogP contribution in [0.5, 0.6) is 5.75 Å². The van der Waals surface area contributed by atoms with E-state index >= 15 is 0 Å². The highest BCUT2D eigenvalue weighted by Gasteiger charge is 2.44. The van der Waals surface area contributed by atoms with Crippen LogP contribution in [0.15, 0.2) is 12.1 Å². The van der Waals surface area contributed by atoms with Gasteiger partial charge in [0.2, 0.25) is 5.60 Å². The lowest BCUT2D eigenvalue weighted by Crippen LogP contribution is -2.54. The van der Waals surface area contributed by atoms with Crippen LogP contribution in [0.3, 0.4) is 0 Å². The molecular weight excluding hydrogens is 308 g/mol. The minimum absolute atomic E-state index is 0.489. The average molecular weight is 334 g/mol. The second-order valence-electron chi connectivity index (χ2n) is 6.97. The predicted molar refractivity (Wildman–Crippen MR) is 89.3 cm³/mol. The first-order valence-corrected chi connectivity index (χ1v) is 8.65. The topological polar surface area (TPSA) is 71.9 Å². The van der Waals surface area contributed by atoms with Crippen LogP contribution in [0.2, 0.25) is 0 Å². The molecule has 1 unspecified atom stereocenters. The molecule has 0 bridgehead atoms. The molecule has 1 atom stereocenters. The normalized spacial score (nSPS) is 24.0. The summed E-state index contributed by atoms with van der Waals surface area (Å²) in [6.45, 7) is 7.90. The maximum Gasteiger partial charge on any atom is 0.348 e. The Bertz CT molecular complexity index is 591. The largest absolute Gasteiger partial charge is 0.478 e. The van der Waals surface area contributed by atoms with Crippen molar-refractivity contribution in [2.45, 2.75) is 38.7 Å². The number of pyridine rings is 1. The Kier molecular flexibility index (Phi) is 5.06. The van der Waals surface area contributed by atoms with E-state index < -0.39 is 11.6 Å². The van der Waals surface area contributed by atoms with E-state index in [1.54, 1.807) is 0 Å². The molecule has 0 spiro atoms. The second-order valence-corrected chi connectivity index (χ2v) is 6.97. The number of carboxylic acid groups (broad SMARTS) is 1. The van der Waals surface area contributed by atoms with E-state index in [1.165, 1.54) is 0 Å². The van der Waals surface area contributed by atoms with Crippen LogP contribution in [0.25, 0.3) is 0 Å². The standard InChI is InChI=1S/C18H26N2O4/c1-13-3-4-16(14(2)19-13)24-18(17(21)22)6-8-20(9-7-18)11-15-5-10-23-12-15/h3-4,15H,5-12H2,1-2H3,(H,21,22). The van der Waals surface area contributed by atoms with Gasteiger partial charge in [-0.2, -0.15) is 0 Å². The zero-order valence-corrected chi connectivity index (χ0v) is 14.5. The first kappa shape index (κ1) is 17.2.